The molecule has 2 amide bonds. The van der Waals surface area contributed by atoms with Crippen molar-refractivity contribution in [1.29, 1.82) is 0 Å². The van der Waals surface area contributed by atoms with Gasteiger partial charge in [-0.15, -0.1) is 0 Å². The molecule has 0 unspecified atom stereocenters. The second-order valence-electron chi connectivity index (χ2n) is 14.8. The Morgan fingerprint density at radius 2 is 1.50 bits per heavy atom. The first-order valence-corrected chi connectivity index (χ1v) is 17.5. The van der Waals surface area contributed by atoms with Crippen molar-refractivity contribution >= 4 is 17.5 Å². The van der Waals surface area contributed by atoms with Crippen LogP contribution in [0.25, 0.3) is 0 Å². The van der Waals surface area contributed by atoms with Gasteiger partial charge in [-0.3, -0.25) is 9.59 Å². The van der Waals surface area contributed by atoms with Crippen LogP contribution < -0.4 is 30.7 Å². The van der Waals surface area contributed by atoms with Crippen molar-refractivity contribution in [3.63, 3.8) is 0 Å². The van der Waals surface area contributed by atoms with E-state index >= 15 is 0 Å². The average Bonchev–Trinajstić information content (AvgIpc) is 3.58. The lowest BCUT2D eigenvalue weighted by molar-refractivity contribution is 0.0594. The Balaban J connectivity index is 1.12. The number of hydrogen-bond donors (Lipinski definition) is 3. The molecule has 1 saturated carbocycles. The summed E-state index contributed by atoms with van der Waals surface area (Å²) in [4.78, 5) is 30.3. The van der Waals surface area contributed by atoms with Gasteiger partial charge in [0.2, 0.25) is 0 Å². The molecule has 3 heterocycles. The number of anilines is 1. The number of amides is 2. The number of hydrogen-bond acceptors (Lipinski definition) is 7. The molecule has 9 heteroatoms. The predicted molar refractivity (Wildman–Crippen MR) is 182 cm³/mol. The molecule has 250 valence electrons. The highest BCUT2D eigenvalue weighted by Gasteiger charge is 2.33. The lowest BCUT2D eigenvalue weighted by atomic mass is 9.68. The van der Waals surface area contributed by atoms with Crippen LogP contribution in [-0.4, -0.2) is 81.3 Å². The molecular formula is C37H53N5O4. The largest absolute Gasteiger partial charge is 0.489 e. The molecule has 4 fully saturated rings. The van der Waals surface area contributed by atoms with Crippen molar-refractivity contribution in [3.8, 4) is 11.5 Å². The third-order valence-corrected chi connectivity index (χ3v) is 10.7. The van der Waals surface area contributed by atoms with Crippen LogP contribution in [0.4, 0.5) is 5.69 Å². The Labute approximate surface area is 274 Å². The number of nitrogens with zero attached hydrogens (tertiary/aromatic N) is 2. The highest BCUT2D eigenvalue weighted by molar-refractivity contribution is 5.96. The molecule has 0 bridgehead atoms. The lowest BCUT2D eigenvalue weighted by Gasteiger charge is -2.37. The minimum atomic E-state index is -0.492. The van der Waals surface area contributed by atoms with Crippen LogP contribution in [0.5, 0.6) is 11.5 Å². The van der Waals surface area contributed by atoms with Gasteiger partial charge in [-0.1, -0.05) is 20.8 Å². The summed E-state index contributed by atoms with van der Waals surface area (Å²) in [6.07, 6.45) is 7.16. The van der Waals surface area contributed by atoms with Crippen LogP contribution in [0.15, 0.2) is 36.4 Å². The minimum absolute atomic E-state index is 0.0655. The van der Waals surface area contributed by atoms with Crippen molar-refractivity contribution in [2.75, 3.05) is 57.3 Å². The van der Waals surface area contributed by atoms with Gasteiger partial charge >= 0.3 is 0 Å². The van der Waals surface area contributed by atoms with Crippen LogP contribution in [0.3, 0.4) is 0 Å². The fourth-order valence-corrected chi connectivity index (χ4v) is 7.76. The predicted octanol–water partition coefficient (Wildman–Crippen LogP) is 4.94. The molecule has 4 N–H and O–H groups in total. The number of rotatable bonds is 8. The van der Waals surface area contributed by atoms with E-state index in [9.17, 15) is 9.59 Å². The van der Waals surface area contributed by atoms with E-state index in [4.69, 9.17) is 15.2 Å². The Bertz CT molecular complexity index is 1360. The van der Waals surface area contributed by atoms with Crippen molar-refractivity contribution in [3.05, 3.63) is 53.1 Å². The highest BCUT2D eigenvalue weighted by Crippen LogP contribution is 2.45. The summed E-state index contributed by atoms with van der Waals surface area (Å²) in [5.41, 5.74) is 9.41. The van der Waals surface area contributed by atoms with Crippen molar-refractivity contribution < 1.29 is 19.1 Å². The molecule has 0 radical (unpaired) electrons. The summed E-state index contributed by atoms with van der Waals surface area (Å²) >= 11 is 0. The Kier molecular flexibility index (Phi) is 10.1. The third-order valence-electron chi connectivity index (χ3n) is 10.7. The molecular weight excluding hydrogens is 578 g/mol. The average molecular weight is 632 g/mol. The standard InChI is InChI=1S/C37H53N5O4/c1-37(2,3)27-7-4-25(5-8-27)32-22-26(6-11-33(32)46-30-12-15-40-24-30)36(44)42-18-13-29(14-19-42)45-34-23-28(9-10-31(34)35(38)43)41-20-16-39-17-21-41/h6,9-11,22-23,25,27,29-30,39-40H,4-5,7-8,12-21,24H2,1-3H3,(H2,38,43)/t25?,27?,30-/m0/s1. The SMILES string of the molecule is CC(C)(C)C1CCC(c2cc(C(=O)N3CCC(Oc4cc(N5CCNCC5)ccc4C(N)=O)CC3)ccc2O[C@H]2CCNC2)CC1. The molecule has 3 aliphatic heterocycles. The zero-order chi connectivity index (χ0) is 32.3. The number of benzene rings is 2. The number of likely N-dealkylation sites (tertiary alicyclic amines) is 1. The molecule has 2 aromatic rings. The van der Waals surface area contributed by atoms with Crippen LogP contribution in [0.1, 0.15) is 97.9 Å². The number of piperidine rings is 1. The summed E-state index contributed by atoms with van der Waals surface area (Å²) < 4.78 is 13.0. The van der Waals surface area contributed by atoms with E-state index in [1.807, 2.05) is 29.2 Å². The van der Waals surface area contributed by atoms with Crippen molar-refractivity contribution in [2.24, 2.45) is 17.1 Å². The van der Waals surface area contributed by atoms with Gasteiger partial charge in [0.1, 0.15) is 23.7 Å². The second-order valence-corrected chi connectivity index (χ2v) is 14.8. The van der Waals surface area contributed by atoms with Crippen molar-refractivity contribution in [1.82, 2.24) is 15.5 Å². The molecule has 4 aliphatic rings. The smallest absolute Gasteiger partial charge is 0.253 e. The number of nitrogens with one attached hydrogen (secondary N) is 2. The Hall–Kier alpha value is -3.30. The zero-order valence-electron chi connectivity index (χ0n) is 28.0. The van der Waals surface area contributed by atoms with Gasteiger partial charge in [0.25, 0.3) is 11.8 Å². The first-order chi connectivity index (χ1) is 22.2. The van der Waals surface area contributed by atoms with Gasteiger partial charge in [0.15, 0.2) is 0 Å². The van der Waals surface area contributed by atoms with E-state index in [1.54, 1.807) is 6.07 Å². The number of nitrogens with two attached hydrogens (primary N) is 1. The Morgan fingerprint density at radius 1 is 0.783 bits per heavy atom. The quantitative estimate of drug-likeness (QED) is 0.379. The third kappa shape index (κ3) is 7.63. The summed E-state index contributed by atoms with van der Waals surface area (Å²) in [7, 11) is 0. The van der Waals surface area contributed by atoms with Crippen LogP contribution in [-0.2, 0) is 0 Å². The first-order valence-electron chi connectivity index (χ1n) is 17.5. The van der Waals surface area contributed by atoms with Gasteiger partial charge in [-0.05, 0) is 91.8 Å². The van der Waals surface area contributed by atoms with Crippen LogP contribution in [0, 0.1) is 11.3 Å². The van der Waals surface area contributed by atoms with E-state index < -0.39 is 5.91 Å². The molecule has 0 aromatic heterocycles. The summed E-state index contributed by atoms with van der Waals surface area (Å²) in [5.74, 6) is 2.19. The van der Waals surface area contributed by atoms with Gasteiger partial charge < -0.3 is 35.6 Å². The van der Waals surface area contributed by atoms with Gasteiger partial charge in [-0.2, -0.15) is 0 Å². The van der Waals surface area contributed by atoms with E-state index in [1.165, 1.54) is 18.4 Å². The highest BCUT2D eigenvalue weighted by atomic mass is 16.5. The topological polar surface area (TPSA) is 109 Å². The zero-order valence-corrected chi connectivity index (χ0v) is 28.0. The summed E-state index contributed by atoms with van der Waals surface area (Å²) in [6, 6.07) is 11.8. The normalized spacial score (nSPS) is 24.5. The number of carbonyl (C=O) groups is 2. The van der Waals surface area contributed by atoms with Crippen molar-refractivity contribution in [2.45, 2.75) is 83.8 Å². The second kappa shape index (κ2) is 14.2. The van der Waals surface area contributed by atoms with Gasteiger partial charge in [0.05, 0.1) is 5.56 Å². The molecule has 6 rings (SSSR count). The fraction of sp³-hybridized carbons (Fsp3) is 0.622. The molecule has 9 nitrogen and oxygen atoms in total. The number of carbonyl (C=O) groups excluding carboxylic acids is 2. The number of piperazine rings is 1. The minimum Gasteiger partial charge on any atom is -0.489 e. The molecule has 1 aliphatic carbocycles. The maximum absolute atomic E-state index is 13.9. The molecule has 3 saturated heterocycles. The number of primary amides is 1. The summed E-state index contributed by atoms with van der Waals surface area (Å²) in [6.45, 7) is 13.8. The van der Waals surface area contributed by atoms with Gasteiger partial charge in [-0.25, -0.2) is 0 Å². The van der Waals surface area contributed by atoms with E-state index in [2.05, 4.69) is 42.4 Å². The van der Waals surface area contributed by atoms with E-state index in [-0.39, 0.29) is 18.1 Å². The fourth-order valence-electron chi connectivity index (χ4n) is 7.76. The maximum atomic E-state index is 13.9. The first kappa shape index (κ1) is 32.6. The molecule has 46 heavy (non-hydrogen) atoms. The van der Waals surface area contributed by atoms with Crippen LogP contribution in [0.2, 0.25) is 0 Å². The Morgan fingerprint density at radius 3 is 2.15 bits per heavy atom. The molecule has 2 aromatic carbocycles. The summed E-state index contributed by atoms with van der Waals surface area (Å²) in [5, 5.41) is 6.78. The van der Waals surface area contributed by atoms with Gasteiger partial charge in [0, 0.05) is 76.0 Å². The van der Waals surface area contributed by atoms with Crippen LogP contribution >= 0.6 is 0 Å². The molecule has 1 atom stereocenters. The molecule has 0 spiro atoms. The van der Waals surface area contributed by atoms with E-state index in [0.29, 0.717) is 48.6 Å². The maximum Gasteiger partial charge on any atom is 0.253 e. The monoisotopic (exact) mass is 631 g/mol. The van der Waals surface area contributed by atoms with E-state index in [0.717, 1.165) is 81.4 Å². The lowest BCUT2D eigenvalue weighted by Crippen LogP contribution is -2.43. The number of ether oxygens (including phenoxy) is 2.